The van der Waals surface area contributed by atoms with Crippen molar-refractivity contribution in [3.05, 3.63) is 52.4 Å². The van der Waals surface area contributed by atoms with Crippen LogP contribution >= 0.6 is 22.9 Å². The van der Waals surface area contributed by atoms with E-state index < -0.39 is 0 Å². The van der Waals surface area contributed by atoms with Crippen molar-refractivity contribution in [3.8, 4) is 5.75 Å². The van der Waals surface area contributed by atoms with E-state index in [9.17, 15) is 5.11 Å². The first-order valence-corrected chi connectivity index (χ1v) is 7.71. The molecule has 0 saturated carbocycles. The Morgan fingerprint density at radius 2 is 2.09 bits per heavy atom. The van der Waals surface area contributed by atoms with Crippen LogP contribution in [-0.4, -0.2) is 16.3 Å². The lowest BCUT2D eigenvalue weighted by molar-refractivity contribution is 0.483. The van der Waals surface area contributed by atoms with Crippen molar-refractivity contribution in [1.29, 1.82) is 0 Å². The summed E-state index contributed by atoms with van der Waals surface area (Å²) < 4.78 is 6.52. The van der Waals surface area contributed by atoms with Crippen molar-refractivity contribution in [2.24, 2.45) is 4.99 Å². The zero-order chi connectivity index (χ0) is 15.1. The smallest absolute Gasteiger partial charge is 0.322 e. The van der Waals surface area contributed by atoms with Gasteiger partial charge in [-0.1, -0.05) is 23.7 Å². The second-order valence-electron chi connectivity index (χ2n) is 4.68. The van der Waals surface area contributed by atoms with Gasteiger partial charge in [0.15, 0.2) is 5.58 Å². The van der Waals surface area contributed by atoms with E-state index in [1.54, 1.807) is 24.4 Å². The van der Waals surface area contributed by atoms with E-state index in [1.165, 1.54) is 11.3 Å². The normalized spacial score (nSPS) is 11.9. The molecule has 0 spiro atoms. The molecule has 0 fully saturated rings. The van der Waals surface area contributed by atoms with Crippen molar-refractivity contribution in [3.63, 3.8) is 0 Å². The highest BCUT2D eigenvalue weighted by atomic mass is 35.5. The van der Waals surface area contributed by atoms with Gasteiger partial charge in [0.05, 0.1) is 11.1 Å². The molecule has 0 aliphatic rings. The minimum atomic E-state index is 0.225. The Morgan fingerprint density at radius 3 is 2.95 bits per heavy atom. The number of aromatic nitrogens is 1. The summed E-state index contributed by atoms with van der Waals surface area (Å²) in [6.07, 6.45) is 1.56. The van der Waals surface area contributed by atoms with Crippen LogP contribution in [0.3, 0.4) is 0 Å². The van der Waals surface area contributed by atoms with Gasteiger partial charge in [-0.25, -0.2) is 4.99 Å². The maximum Gasteiger partial charge on any atom is 0.322 e. The lowest BCUT2D eigenvalue weighted by atomic mass is 10.2. The van der Waals surface area contributed by atoms with Crippen LogP contribution in [0.15, 0.2) is 51.9 Å². The molecule has 0 atom stereocenters. The van der Waals surface area contributed by atoms with E-state index in [2.05, 4.69) is 9.98 Å². The molecule has 6 heteroatoms. The van der Waals surface area contributed by atoms with Crippen LogP contribution < -0.4 is 0 Å². The molecule has 2 aromatic carbocycles. The maximum atomic E-state index is 10.2. The molecule has 0 aliphatic carbocycles. The van der Waals surface area contributed by atoms with Crippen LogP contribution in [0.5, 0.6) is 5.75 Å². The van der Waals surface area contributed by atoms with Crippen LogP contribution in [0.1, 0.15) is 4.88 Å². The average Bonchev–Trinajstić information content (AvgIpc) is 3.06. The van der Waals surface area contributed by atoms with E-state index in [0.717, 1.165) is 10.1 Å². The van der Waals surface area contributed by atoms with Crippen LogP contribution in [0, 0.1) is 0 Å². The van der Waals surface area contributed by atoms with Crippen LogP contribution in [-0.2, 0) is 0 Å². The molecule has 0 radical (unpaired) electrons. The molecule has 22 heavy (non-hydrogen) atoms. The molecule has 4 aromatic rings. The number of aliphatic imine (C=N–C) groups is 1. The van der Waals surface area contributed by atoms with E-state index in [4.69, 9.17) is 16.0 Å². The molecule has 4 rings (SSSR count). The lowest BCUT2D eigenvalue weighted by Gasteiger charge is -1.89. The first kappa shape index (κ1) is 13.3. The first-order valence-electron chi connectivity index (χ1n) is 6.51. The summed E-state index contributed by atoms with van der Waals surface area (Å²) in [5.41, 5.74) is 1.28. The monoisotopic (exact) mass is 328 g/mol. The van der Waals surface area contributed by atoms with Gasteiger partial charge >= 0.3 is 6.01 Å². The summed E-state index contributed by atoms with van der Waals surface area (Å²) in [5, 5.41) is 11.6. The molecular weight excluding hydrogens is 320 g/mol. The summed E-state index contributed by atoms with van der Waals surface area (Å²) in [6, 6.07) is 13.1. The standard InChI is InChI=1S/C16H9ClN2O2S/c17-9-5-6-12-11(7-9)19-16(21-12)18-8-14-15(20)10-3-1-2-4-13(10)22-14/h1-8,20H/b18-8+. The lowest BCUT2D eigenvalue weighted by Crippen LogP contribution is -1.74. The van der Waals surface area contributed by atoms with Gasteiger partial charge in [-0.2, -0.15) is 4.98 Å². The van der Waals surface area contributed by atoms with Gasteiger partial charge < -0.3 is 9.52 Å². The quantitative estimate of drug-likeness (QED) is 0.517. The molecular formula is C16H9ClN2O2S. The number of hydrogen-bond donors (Lipinski definition) is 1. The van der Waals surface area contributed by atoms with Crippen molar-refractivity contribution in [1.82, 2.24) is 4.98 Å². The molecule has 0 bridgehead atoms. The Morgan fingerprint density at radius 1 is 1.23 bits per heavy atom. The van der Waals surface area contributed by atoms with Gasteiger partial charge in [0.1, 0.15) is 11.3 Å². The van der Waals surface area contributed by atoms with Crippen molar-refractivity contribution < 1.29 is 9.52 Å². The minimum Gasteiger partial charge on any atom is -0.506 e. The van der Waals surface area contributed by atoms with Gasteiger partial charge in [-0.15, -0.1) is 11.3 Å². The molecule has 4 nitrogen and oxygen atoms in total. The fourth-order valence-corrected chi connectivity index (χ4v) is 3.33. The summed E-state index contributed by atoms with van der Waals surface area (Å²) in [6.45, 7) is 0. The number of fused-ring (bicyclic) bond motifs is 2. The molecule has 0 unspecified atom stereocenters. The highest BCUT2D eigenvalue weighted by Crippen LogP contribution is 2.35. The summed E-state index contributed by atoms with van der Waals surface area (Å²) >= 11 is 7.38. The van der Waals surface area contributed by atoms with Gasteiger partial charge in [-0.3, -0.25) is 0 Å². The summed E-state index contributed by atoms with van der Waals surface area (Å²) in [5.74, 6) is 0.225. The Bertz CT molecular complexity index is 1020. The Balaban J connectivity index is 1.73. The Hall–Kier alpha value is -2.37. The van der Waals surface area contributed by atoms with Gasteiger partial charge in [0.2, 0.25) is 0 Å². The maximum absolute atomic E-state index is 10.2. The number of aromatic hydroxyl groups is 1. The Kier molecular flexibility index (Phi) is 3.10. The number of thiophene rings is 1. The number of hydrogen-bond acceptors (Lipinski definition) is 5. The summed E-state index contributed by atoms with van der Waals surface area (Å²) in [4.78, 5) is 9.12. The third-order valence-corrected chi connectivity index (χ3v) is 4.56. The second kappa shape index (κ2) is 5.12. The van der Waals surface area contributed by atoms with Crippen LogP contribution in [0.25, 0.3) is 21.2 Å². The predicted octanol–water partition coefficient (Wildman–Crippen LogP) is 5.15. The molecule has 108 valence electrons. The van der Waals surface area contributed by atoms with Crippen molar-refractivity contribution in [2.45, 2.75) is 0 Å². The highest BCUT2D eigenvalue weighted by molar-refractivity contribution is 7.21. The fraction of sp³-hybridized carbons (Fsp3) is 0. The topological polar surface area (TPSA) is 58.6 Å². The number of oxazole rings is 1. The molecule has 0 aliphatic heterocycles. The Labute approximate surface area is 134 Å². The van der Waals surface area contributed by atoms with Crippen molar-refractivity contribution >= 4 is 56.4 Å². The van der Waals surface area contributed by atoms with E-state index in [-0.39, 0.29) is 11.8 Å². The van der Waals surface area contributed by atoms with Gasteiger partial charge in [-0.05, 0) is 30.3 Å². The fourth-order valence-electron chi connectivity index (χ4n) is 2.20. The SMILES string of the molecule is Oc1c(/C=N/c2nc3cc(Cl)ccc3o2)sc2ccccc12. The number of nitrogens with zero attached hydrogens (tertiary/aromatic N) is 2. The zero-order valence-electron chi connectivity index (χ0n) is 11.2. The van der Waals surface area contributed by atoms with Gasteiger partial charge in [0, 0.05) is 15.1 Å². The highest BCUT2D eigenvalue weighted by Gasteiger charge is 2.09. The third-order valence-electron chi connectivity index (χ3n) is 3.23. The van der Waals surface area contributed by atoms with E-state index >= 15 is 0 Å². The average molecular weight is 329 g/mol. The number of halogens is 1. The molecule has 2 heterocycles. The van der Waals surface area contributed by atoms with E-state index in [1.807, 2.05) is 24.3 Å². The zero-order valence-corrected chi connectivity index (χ0v) is 12.7. The molecule has 1 N–H and O–H groups in total. The minimum absolute atomic E-state index is 0.225. The molecule has 0 amide bonds. The summed E-state index contributed by atoms with van der Waals surface area (Å²) in [7, 11) is 0. The molecule has 0 saturated heterocycles. The largest absolute Gasteiger partial charge is 0.506 e. The van der Waals surface area contributed by atoms with Crippen LogP contribution in [0.2, 0.25) is 5.02 Å². The molecule has 2 aromatic heterocycles. The second-order valence-corrected chi connectivity index (χ2v) is 6.20. The van der Waals surface area contributed by atoms with Gasteiger partial charge in [0.25, 0.3) is 0 Å². The number of rotatable bonds is 2. The van der Waals surface area contributed by atoms with E-state index in [0.29, 0.717) is 21.0 Å². The number of benzene rings is 2. The third kappa shape index (κ3) is 2.24. The first-order chi connectivity index (χ1) is 10.7. The van der Waals surface area contributed by atoms with Crippen LogP contribution in [0.4, 0.5) is 6.01 Å². The van der Waals surface area contributed by atoms with Crippen molar-refractivity contribution in [2.75, 3.05) is 0 Å². The predicted molar refractivity (Wildman–Crippen MR) is 89.8 cm³/mol.